The topological polar surface area (TPSA) is 66.9 Å². The summed E-state index contributed by atoms with van der Waals surface area (Å²) in [6.07, 6.45) is -4.36. The summed E-state index contributed by atoms with van der Waals surface area (Å²) in [6, 6.07) is 10.9. The molecule has 0 radical (unpaired) electrons. The number of rotatable bonds is 6. The van der Waals surface area contributed by atoms with Crippen LogP contribution in [0.15, 0.2) is 53.4 Å². The van der Waals surface area contributed by atoms with Crippen molar-refractivity contribution in [1.82, 2.24) is 9.21 Å². The molecule has 0 bridgehead atoms. The van der Waals surface area contributed by atoms with E-state index in [2.05, 4.69) is 0 Å². The summed E-state index contributed by atoms with van der Waals surface area (Å²) in [5.74, 6) is 0.532. The van der Waals surface area contributed by atoms with E-state index in [0.29, 0.717) is 5.75 Å². The molecule has 2 aromatic rings. The number of benzene rings is 2. The molecule has 1 fully saturated rings. The maximum absolute atomic E-state index is 12.7. The largest absolute Gasteiger partial charge is 0.493 e. The van der Waals surface area contributed by atoms with E-state index >= 15 is 0 Å². The van der Waals surface area contributed by atoms with Crippen molar-refractivity contribution in [2.45, 2.75) is 24.4 Å². The van der Waals surface area contributed by atoms with Crippen LogP contribution in [0.25, 0.3) is 0 Å². The number of aryl methyl sites for hydroxylation is 1. The van der Waals surface area contributed by atoms with Gasteiger partial charge in [-0.3, -0.25) is 4.79 Å². The average molecular weight is 456 g/mol. The lowest BCUT2D eigenvalue weighted by molar-refractivity contribution is -0.137. The third-order valence-corrected chi connectivity index (χ3v) is 6.93. The maximum atomic E-state index is 12.7. The van der Waals surface area contributed by atoms with Crippen LogP contribution in [0.1, 0.15) is 17.5 Å². The van der Waals surface area contributed by atoms with Crippen LogP contribution >= 0.6 is 0 Å². The fourth-order valence-electron chi connectivity index (χ4n) is 3.19. The highest BCUT2D eigenvalue weighted by atomic mass is 32.2. The molecular weight excluding hydrogens is 433 g/mol. The molecule has 168 valence electrons. The van der Waals surface area contributed by atoms with Crippen molar-refractivity contribution >= 4 is 15.9 Å². The second-order valence-electron chi connectivity index (χ2n) is 7.22. The number of hydrogen-bond acceptors (Lipinski definition) is 4. The Morgan fingerprint density at radius 3 is 2.10 bits per heavy atom. The molecule has 1 aliphatic heterocycles. The Bertz CT molecular complexity index is 998. The second kappa shape index (κ2) is 9.27. The minimum atomic E-state index is -4.53. The Morgan fingerprint density at radius 2 is 1.55 bits per heavy atom. The molecule has 0 aromatic heterocycles. The predicted molar refractivity (Wildman–Crippen MR) is 108 cm³/mol. The zero-order valence-corrected chi connectivity index (χ0v) is 17.7. The summed E-state index contributed by atoms with van der Waals surface area (Å²) < 4.78 is 70.2. The van der Waals surface area contributed by atoms with Gasteiger partial charge in [-0.25, -0.2) is 8.42 Å². The van der Waals surface area contributed by atoms with Gasteiger partial charge in [-0.2, -0.15) is 17.5 Å². The number of halogens is 3. The Kier molecular flexibility index (Phi) is 6.90. The molecule has 10 heteroatoms. The van der Waals surface area contributed by atoms with Crippen molar-refractivity contribution in [2.24, 2.45) is 0 Å². The fraction of sp³-hybridized carbons (Fsp3) is 0.381. The Labute approximate surface area is 179 Å². The molecule has 0 N–H and O–H groups in total. The van der Waals surface area contributed by atoms with Crippen LogP contribution in [0.5, 0.6) is 5.75 Å². The van der Waals surface area contributed by atoms with Gasteiger partial charge in [-0.1, -0.05) is 17.7 Å². The zero-order valence-electron chi connectivity index (χ0n) is 16.9. The minimum Gasteiger partial charge on any atom is -0.493 e. The lowest BCUT2D eigenvalue weighted by Gasteiger charge is -2.34. The highest BCUT2D eigenvalue weighted by Crippen LogP contribution is 2.30. The number of sulfonamides is 1. The van der Waals surface area contributed by atoms with Crippen LogP contribution < -0.4 is 4.74 Å². The summed E-state index contributed by atoms with van der Waals surface area (Å²) in [5, 5.41) is 0. The number of ether oxygens (including phenoxy) is 1. The molecule has 31 heavy (non-hydrogen) atoms. The van der Waals surface area contributed by atoms with Crippen molar-refractivity contribution in [1.29, 1.82) is 0 Å². The van der Waals surface area contributed by atoms with Crippen LogP contribution in [-0.4, -0.2) is 56.3 Å². The summed E-state index contributed by atoms with van der Waals surface area (Å²) in [4.78, 5) is 13.7. The second-order valence-corrected chi connectivity index (χ2v) is 9.16. The van der Waals surface area contributed by atoms with Gasteiger partial charge in [0, 0.05) is 26.2 Å². The van der Waals surface area contributed by atoms with Gasteiger partial charge in [0.1, 0.15) is 5.75 Å². The molecule has 1 heterocycles. The van der Waals surface area contributed by atoms with E-state index < -0.39 is 21.8 Å². The van der Waals surface area contributed by atoms with Crippen LogP contribution in [0.2, 0.25) is 0 Å². The van der Waals surface area contributed by atoms with Crippen molar-refractivity contribution in [3.63, 3.8) is 0 Å². The molecule has 0 aliphatic carbocycles. The molecule has 6 nitrogen and oxygen atoms in total. The lowest BCUT2D eigenvalue weighted by Crippen LogP contribution is -2.50. The lowest BCUT2D eigenvalue weighted by atomic mass is 10.2. The molecule has 2 aromatic carbocycles. The summed E-state index contributed by atoms with van der Waals surface area (Å²) in [6.45, 7) is 2.75. The Hall–Kier alpha value is -2.59. The van der Waals surface area contributed by atoms with E-state index in [-0.39, 0.29) is 50.0 Å². The summed E-state index contributed by atoms with van der Waals surface area (Å²) in [5.41, 5.74) is 0.197. The van der Waals surface area contributed by atoms with E-state index in [0.717, 1.165) is 29.8 Å². The standard InChI is InChI=1S/C21H23F3N2O4S/c1-16-2-6-18(7-3-16)30-15-10-20(27)25-11-13-26(14-12-25)31(28,29)19-8-4-17(5-9-19)21(22,23)24/h2-9H,10-15H2,1H3. The number of alkyl halides is 3. The Morgan fingerprint density at radius 1 is 0.968 bits per heavy atom. The Balaban J connectivity index is 1.51. The van der Waals surface area contributed by atoms with E-state index in [4.69, 9.17) is 4.74 Å². The van der Waals surface area contributed by atoms with E-state index in [1.807, 2.05) is 31.2 Å². The van der Waals surface area contributed by atoms with Gasteiger partial charge in [0.15, 0.2) is 0 Å². The molecular formula is C21H23F3N2O4S. The van der Waals surface area contributed by atoms with Gasteiger partial charge in [0.2, 0.25) is 15.9 Å². The number of carbonyl (C=O) groups is 1. The number of piperazine rings is 1. The molecule has 1 aliphatic rings. The van der Waals surface area contributed by atoms with E-state index in [1.54, 1.807) is 4.90 Å². The van der Waals surface area contributed by atoms with Crippen LogP contribution in [-0.2, 0) is 21.0 Å². The third-order valence-electron chi connectivity index (χ3n) is 5.02. The van der Waals surface area contributed by atoms with Crippen LogP contribution in [0.3, 0.4) is 0 Å². The molecule has 0 atom stereocenters. The van der Waals surface area contributed by atoms with Gasteiger partial charge >= 0.3 is 6.18 Å². The summed E-state index contributed by atoms with van der Waals surface area (Å²) >= 11 is 0. The quantitative estimate of drug-likeness (QED) is 0.669. The minimum absolute atomic E-state index is 0.0773. The van der Waals surface area contributed by atoms with Crippen LogP contribution in [0, 0.1) is 6.92 Å². The van der Waals surface area contributed by atoms with Crippen molar-refractivity contribution in [2.75, 3.05) is 32.8 Å². The van der Waals surface area contributed by atoms with Crippen molar-refractivity contribution in [3.8, 4) is 5.75 Å². The average Bonchev–Trinajstić information content (AvgIpc) is 2.74. The number of nitrogens with zero attached hydrogens (tertiary/aromatic N) is 2. The first kappa shape index (κ1) is 23.1. The molecule has 1 saturated heterocycles. The van der Waals surface area contributed by atoms with Gasteiger partial charge in [0.05, 0.1) is 23.5 Å². The monoisotopic (exact) mass is 456 g/mol. The van der Waals surface area contributed by atoms with E-state index in [1.165, 1.54) is 4.31 Å². The molecule has 3 rings (SSSR count). The molecule has 0 saturated carbocycles. The SMILES string of the molecule is Cc1ccc(OCCC(=O)N2CCN(S(=O)(=O)c3ccc(C(F)(F)F)cc3)CC2)cc1. The van der Waals surface area contributed by atoms with Gasteiger partial charge < -0.3 is 9.64 Å². The number of hydrogen-bond donors (Lipinski definition) is 0. The zero-order chi connectivity index (χ0) is 22.6. The van der Waals surface area contributed by atoms with E-state index in [9.17, 15) is 26.4 Å². The number of amides is 1. The first-order valence-corrected chi connectivity index (χ1v) is 11.2. The van der Waals surface area contributed by atoms with Crippen molar-refractivity contribution in [3.05, 3.63) is 59.7 Å². The van der Waals surface area contributed by atoms with Gasteiger partial charge in [-0.05, 0) is 43.3 Å². The first-order chi connectivity index (χ1) is 14.6. The van der Waals surface area contributed by atoms with Gasteiger partial charge in [-0.15, -0.1) is 0 Å². The van der Waals surface area contributed by atoms with Crippen LogP contribution in [0.4, 0.5) is 13.2 Å². The smallest absolute Gasteiger partial charge is 0.416 e. The normalized spacial score (nSPS) is 15.7. The highest BCUT2D eigenvalue weighted by Gasteiger charge is 2.33. The molecule has 0 spiro atoms. The summed E-state index contributed by atoms with van der Waals surface area (Å²) in [7, 11) is -3.93. The molecule has 0 unspecified atom stereocenters. The number of carbonyl (C=O) groups excluding carboxylic acids is 1. The highest BCUT2D eigenvalue weighted by molar-refractivity contribution is 7.89. The fourth-order valence-corrected chi connectivity index (χ4v) is 4.61. The van der Waals surface area contributed by atoms with Crippen molar-refractivity contribution < 1.29 is 31.1 Å². The first-order valence-electron chi connectivity index (χ1n) is 9.72. The predicted octanol–water partition coefficient (Wildman–Crippen LogP) is 3.32. The third kappa shape index (κ3) is 5.76. The maximum Gasteiger partial charge on any atom is 0.416 e. The molecule has 1 amide bonds. The van der Waals surface area contributed by atoms with Gasteiger partial charge in [0.25, 0.3) is 0 Å².